The van der Waals surface area contributed by atoms with Gasteiger partial charge < -0.3 is 9.64 Å². The number of carbonyl (C=O) groups excluding carboxylic acids is 1. The van der Waals surface area contributed by atoms with Gasteiger partial charge in [0.05, 0.1) is 35.5 Å². The maximum Gasteiger partial charge on any atom is 0.417 e. The molecule has 6 nitrogen and oxygen atoms in total. The number of nitrogens with one attached hydrogen (secondary N) is 1. The largest absolute Gasteiger partial charge is 0.469 e. The highest BCUT2D eigenvalue weighted by atomic mass is 32.1. The van der Waals surface area contributed by atoms with E-state index >= 15 is 0 Å². The SMILES string of the molecule is COC(=O)CCCCN1C(=S)N(c2ccc(C#N)c(C(F)(F)F)c2)C(=N)C1(C)C. The number of halogens is 3. The Kier molecular flexibility index (Phi) is 6.53. The number of anilines is 1. The van der Waals surface area contributed by atoms with Crippen LogP contribution in [0.2, 0.25) is 0 Å². The van der Waals surface area contributed by atoms with E-state index in [4.69, 9.17) is 22.9 Å². The second-order valence-electron chi connectivity index (χ2n) is 7.05. The summed E-state index contributed by atoms with van der Waals surface area (Å²) in [6.07, 6.45) is -3.29. The number of nitrogens with zero attached hydrogens (tertiary/aromatic N) is 3. The van der Waals surface area contributed by atoms with Crippen LogP contribution in [0.3, 0.4) is 0 Å². The van der Waals surface area contributed by atoms with E-state index in [2.05, 4.69) is 4.74 Å². The molecule has 0 aliphatic carbocycles. The van der Waals surface area contributed by atoms with Crippen LogP contribution in [0.15, 0.2) is 18.2 Å². The smallest absolute Gasteiger partial charge is 0.417 e. The summed E-state index contributed by atoms with van der Waals surface area (Å²) >= 11 is 5.47. The van der Waals surface area contributed by atoms with Gasteiger partial charge in [-0.15, -0.1) is 0 Å². The van der Waals surface area contributed by atoms with Crippen LogP contribution >= 0.6 is 12.2 Å². The number of rotatable bonds is 6. The molecular formula is C19H21F3N4O2S. The lowest BCUT2D eigenvalue weighted by atomic mass is 10.0. The number of methoxy groups -OCH3 is 1. The maximum atomic E-state index is 13.3. The molecule has 1 fully saturated rings. The Hall–Kier alpha value is -2.67. The molecule has 0 unspecified atom stereocenters. The molecule has 29 heavy (non-hydrogen) atoms. The number of nitriles is 1. The fourth-order valence-electron chi connectivity index (χ4n) is 3.12. The lowest BCUT2D eigenvalue weighted by Crippen LogP contribution is -2.44. The van der Waals surface area contributed by atoms with E-state index in [1.54, 1.807) is 24.8 Å². The summed E-state index contributed by atoms with van der Waals surface area (Å²) in [6.45, 7) is 3.95. The first-order valence-corrected chi connectivity index (χ1v) is 9.25. The van der Waals surface area contributed by atoms with Crippen LogP contribution in [0.4, 0.5) is 18.9 Å². The number of unbranched alkanes of at least 4 members (excludes halogenated alkanes) is 1. The Labute approximate surface area is 172 Å². The van der Waals surface area contributed by atoms with E-state index in [-0.39, 0.29) is 29.0 Å². The average molecular weight is 426 g/mol. The third-order valence-corrected chi connectivity index (χ3v) is 5.23. The van der Waals surface area contributed by atoms with Crippen molar-refractivity contribution in [3.8, 4) is 6.07 Å². The monoisotopic (exact) mass is 426 g/mol. The molecule has 156 valence electrons. The van der Waals surface area contributed by atoms with Crippen molar-refractivity contribution in [2.75, 3.05) is 18.6 Å². The van der Waals surface area contributed by atoms with Gasteiger partial charge in [0, 0.05) is 13.0 Å². The normalized spacial score (nSPS) is 16.2. The van der Waals surface area contributed by atoms with Crippen molar-refractivity contribution in [2.45, 2.75) is 44.8 Å². The lowest BCUT2D eigenvalue weighted by molar-refractivity contribution is -0.140. The van der Waals surface area contributed by atoms with Crippen molar-refractivity contribution in [2.24, 2.45) is 0 Å². The number of esters is 1. The molecule has 0 spiro atoms. The van der Waals surface area contributed by atoms with Gasteiger partial charge in [-0.25, -0.2) is 0 Å². The zero-order chi connectivity index (χ0) is 22.0. The van der Waals surface area contributed by atoms with E-state index in [9.17, 15) is 18.0 Å². The van der Waals surface area contributed by atoms with Crippen molar-refractivity contribution < 1.29 is 22.7 Å². The Bertz CT molecular complexity index is 877. The first-order chi connectivity index (χ1) is 13.4. The Morgan fingerprint density at radius 2 is 2.00 bits per heavy atom. The summed E-state index contributed by atoms with van der Waals surface area (Å²) in [7, 11) is 1.31. The van der Waals surface area contributed by atoms with Gasteiger partial charge in [0.1, 0.15) is 5.84 Å². The van der Waals surface area contributed by atoms with Crippen LogP contribution in [0, 0.1) is 16.7 Å². The summed E-state index contributed by atoms with van der Waals surface area (Å²) < 4.78 is 44.6. The molecule has 0 aromatic heterocycles. The van der Waals surface area contributed by atoms with Gasteiger partial charge in [-0.1, -0.05) is 0 Å². The number of carbonyl (C=O) groups is 1. The molecule has 10 heteroatoms. The van der Waals surface area contributed by atoms with Crippen LogP contribution in [0.1, 0.15) is 44.2 Å². The zero-order valence-electron chi connectivity index (χ0n) is 16.3. The van der Waals surface area contributed by atoms with E-state index in [0.717, 1.165) is 12.1 Å². The number of thiocarbonyl (C=S) groups is 1. The Morgan fingerprint density at radius 1 is 1.34 bits per heavy atom. The second-order valence-corrected chi connectivity index (χ2v) is 7.42. The third-order valence-electron chi connectivity index (χ3n) is 4.83. The van der Waals surface area contributed by atoms with Crippen molar-refractivity contribution in [3.05, 3.63) is 29.3 Å². The van der Waals surface area contributed by atoms with E-state index in [1.165, 1.54) is 18.1 Å². The van der Waals surface area contributed by atoms with Gasteiger partial charge in [-0.3, -0.25) is 15.1 Å². The topological polar surface area (TPSA) is 80.4 Å². The highest BCUT2D eigenvalue weighted by Crippen LogP contribution is 2.38. The minimum Gasteiger partial charge on any atom is -0.469 e. The van der Waals surface area contributed by atoms with Crippen molar-refractivity contribution in [1.82, 2.24) is 4.90 Å². The minimum absolute atomic E-state index is 0.0355. The molecule has 0 amide bonds. The summed E-state index contributed by atoms with van der Waals surface area (Å²) in [5.74, 6) is -0.284. The number of amidine groups is 1. The number of alkyl halides is 3. The van der Waals surface area contributed by atoms with E-state index in [1.807, 2.05) is 0 Å². The molecule has 1 aliphatic rings. The standard InChI is InChI=1S/C19H21F3N4O2S/c1-18(2)16(24)26(17(29)25(18)9-5-4-6-15(27)28-3)13-8-7-12(11-23)14(10-13)19(20,21)22/h7-8,10,24H,4-6,9H2,1-3H3. The first-order valence-electron chi connectivity index (χ1n) is 8.84. The molecular weight excluding hydrogens is 405 g/mol. The second kappa shape index (κ2) is 8.37. The summed E-state index contributed by atoms with van der Waals surface area (Å²) in [5, 5.41) is 17.7. The average Bonchev–Trinajstić information content (AvgIpc) is 2.82. The number of ether oxygens (including phenoxy) is 1. The highest BCUT2D eigenvalue weighted by molar-refractivity contribution is 7.80. The van der Waals surface area contributed by atoms with E-state index < -0.39 is 22.8 Å². The number of benzene rings is 1. The summed E-state index contributed by atoms with van der Waals surface area (Å²) in [5.41, 5.74) is -2.31. The molecule has 0 saturated carbocycles. The molecule has 1 aliphatic heterocycles. The summed E-state index contributed by atoms with van der Waals surface area (Å²) in [4.78, 5) is 14.3. The summed E-state index contributed by atoms with van der Waals surface area (Å²) in [6, 6.07) is 4.82. The molecule has 1 aromatic carbocycles. The zero-order valence-corrected chi connectivity index (χ0v) is 17.1. The molecule has 1 aromatic rings. The molecule has 0 radical (unpaired) electrons. The van der Waals surface area contributed by atoms with Crippen LogP contribution in [0.25, 0.3) is 0 Å². The van der Waals surface area contributed by atoms with Crippen molar-refractivity contribution >= 4 is 34.8 Å². The Balaban J connectivity index is 2.29. The van der Waals surface area contributed by atoms with Gasteiger partial charge in [-0.05, 0) is 57.1 Å². The third kappa shape index (κ3) is 4.50. The fourth-order valence-corrected chi connectivity index (χ4v) is 3.63. The van der Waals surface area contributed by atoms with Gasteiger partial charge in [-0.2, -0.15) is 18.4 Å². The Morgan fingerprint density at radius 3 is 2.55 bits per heavy atom. The van der Waals surface area contributed by atoms with Crippen LogP contribution in [0.5, 0.6) is 0 Å². The minimum atomic E-state index is -4.70. The van der Waals surface area contributed by atoms with Crippen molar-refractivity contribution in [3.63, 3.8) is 0 Å². The predicted octanol–water partition coefficient (Wildman–Crippen LogP) is 4.08. The van der Waals surface area contributed by atoms with E-state index in [0.29, 0.717) is 19.4 Å². The maximum absolute atomic E-state index is 13.3. The molecule has 1 heterocycles. The molecule has 0 atom stereocenters. The van der Waals surface area contributed by atoms with Crippen LogP contribution in [-0.2, 0) is 15.7 Å². The van der Waals surface area contributed by atoms with Gasteiger partial charge in [0.2, 0.25) is 0 Å². The fraction of sp³-hybridized carbons (Fsp3) is 0.474. The molecule has 0 bridgehead atoms. The first kappa shape index (κ1) is 22.6. The van der Waals surface area contributed by atoms with Gasteiger partial charge >= 0.3 is 12.1 Å². The number of hydrogen-bond donors (Lipinski definition) is 1. The van der Waals surface area contributed by atoms with Crippen molar-refractivity contribution in [1.29, 1.82) is 10.7 Å². The van der Waals surface area contributed by atoms with Gasteiger partial charge in [0.15, 0.2) is 5.11 Å². The van der Waals surface area contributed by atoms with Crippen LogP contribution < -0.4 is 4.90 Å². The number of hydrogen-bond acceptors (Lipinski definition) is 5. The van der Waals surface area contributed by atoms with Gasteiger partial charge in [0.25, 0.3) is 0 Å². The predicted molar refractivity (Wildman–Crippen MR) is 106 cm³/mol. The quantitative estimate of drug-likeness (QED) is 0.419. The highest BCUT2D eigenvalue weighted by Gasteiger charge is 2.46. The lowest BCUT2D eigenvalue weighted by Gasteiger charge is -2.30. The molecule has 2 rings (SSSR count). The molecule has 1 N–H and O–H groups in total. The molecule has 1 saturated heterocycles. The van der Waals surface area contributed by atoms with Crippen LogP contribution in [-0.4, -0.2) is 41.0 Å².